The highest BCUT2D eigenvalue weighted by molar-refractivity contribution is 6.34. The minimum Gasteiger partial charge on any atom is -0.342 e. The van der Waals surface area contributed by atoms with E-state index in [1.54, 1.807) is 18.2 Å². The second-order valence-corrected chi connectivity index (χ2v) is 4.49. The minimum absolute atomic E-state index is 0.218. The molecule has 0 atom stereocenters. The Balaban J connectivity index is 2.01. The maximum absolute atomic E-state index is 13.5. The molecule has 3 aromatic rings. The number of imidazole rings is 1. The van der Waals surface area contributed by atoms with Crippen molar-refractivity contribution >= 4 is 22.6 Å². The summed E-state index contributed by atoms with van der Waals surface area (Å²) in [6.07, 6.45) is 0.428. The number of benzene rings is 2. The van der Waals surface area contributed by atoms with Gasteiger partial charge >= 0.3 is 0 Å². The average Bonchev–Trinajstić information content (AvgIpc) is 2.76. The summed E-state index contributed by atoms with van der Waals surface area (Å²) in [5.74, 6) is 0.493. The van der Waals surface area contributed by atoms with E-state index in [1.165, 1.54) is 6.07 Å². The number of halogens is 2. The minimum atomic E-state index is -0.218. The molecule has 2 aromatic carbocycles. The summed E-state index contributed by atoms with van der Waals surface area (Å²) in [4.78, 5) is 7.54. The zero-order chi connectivity index (χ0) is 12.5. The molecule has 0 unspecified atom stereocenters. The van der Waals surface area contributed by atoms with Crippen LogP contribution >= 0.6 is 11.6 Å². The molecule has 0 aliphatic carbocycles. The molecule has 18 heavy (non-hydrogen) atoms. The fourth-order valence-electron chi connectivity index (χ4n) is 1.95. The van der Waals surface area contributed by atoms with Gasteiger partial charge in [-0.2, -0.15) is 0 Å². The molecule has 0 fully saturated rings. The van der Waals surface area contributed by atoms with Gasteiger partial charge < -0.3 is 4.98 Å². The van der Waals surface area contributed by atoms with Crippen LogP contribution in [0.3, 0.4) is 0 Å². The maximum Gasteiger partial charge on any atom is 0.126 e. The number of nitrogens with one attached hydrogen (secondary N) is 1. The van der Waals surface area contributed by atoms with Gasteiger partial charge in [-0.3, -0.25) is 0 Å². The van der Waals surface area contributed by atoms with Gasteiger partial charge in [0.2, 0.25) is 0 Å². The van der Waals surface area contributed by atoms with Crippen molar-refractivity contribution in [2.45, 2.75) is 6.42 Å². The summed E-state index contributed by atoms with van der Waals surface area (Å²) in [5, 5.41) is 0.600. The van der Waals surface area contributed by atoms with E-state index in [4.69, 9.17) is 11.6 Å². The van der Waals surface area contributed by atoms with E-state index < -0.39 is 0 Å². The van der Waals surface area contributed by atoms with E-state index in [0.717, 1.165) is 11.0 Å². The average molecular weight is 261 g/mol. The van der Waals surface area contributed by atoms with Crippen LogP contribution in [0.2, 0.25) is 5.02 Å². The molecule has 0 spiro atoms. The fourth-order valence-corrected chi connectivity index (χ4v) is 2.17. The topological polar surface area (TPSA) is 28.7 Å². The first-order valence-electron chi connectivity index (χ1n) is 5.60. The quantitative estimate of drug-likeness (QED) is 0.743. The molecule has 1 N–H and O–H groups in total. The zero-order valence-electron chi connectivity index (χ0n) is 9.45. The molecule has 0 amide bonds. The zero-order valence-corrected chi connectivity index (χ0v) is 10.2. The highest BCUT2D eigenvalue weighted by atomic mass is 35.5. The first-order valence-corrected chi connectivity index (χ1v) is 5.98. The van der Waals surface area contributed by atoms with E-state index in [-0.39, 0.29) is 5.82 Å². The van der Waals surface area contributed by atoms with Gasteiger partial charge in [-0.05, 0) is 23.8 Å². The van der Waals surface area contributed by atoms with E-state index in [0.29, 0.717) is 22.8 Å². The predicted octanol–water partition coefficient (Wildman–Crippen LogP) is 3.95. The van der Waals surface area contributed by atoms with Gasteiger partial charge in [0.05, 0.1) is 10.5 Å². The Labute approximate surface area is 108 Å². The number of hydrogen-bond donors (Lipinski definition) is 1. The van der Waals surface area contributed by atoms with Crippen LogP contribution in [0.1, 0.15) is 11.4 Å². The van der Waals surface area contributed by atoms with Crippen LogP contribution in [0.4, 0.5) is 4.39 Å². The van der Waals surface area contributed by atoms with Crippen LogP contribution in [0, 0.1) is 5.82 Å². The molecule has 0 aliphatic heterocycles. The lowest BCUT2D eigenvalue weighted by atomic mass is 10.1. The van der Waals surface area contributed by atoms with Gasteiger partial charge in [0.25, 0.3) is 0 Å². The summed E-state index contributed by atoms with van der Waals surface area (Å²) < 4.78 is 13.5. The third-order valence-electron chi connectivity index (χ3n) is 2.83. The Kier molecular flexibility index (Phi) is 2.76. The van der Waals surface area contributed by atoms with E-state index >= 15 is 0 Å². The third kappa shape index (κ3) is 1.97. The summed E-state index contributed by atoms with van der Waals surface area (Å²) >= 11 is 6.05. The molecule has 90 valence electrons. The molecule has 1 aromatic heterocycles. The molecule has 0 radical (unpaired) electrons. The van der Waals surface area contributed by atoms with Crippen LogP contribution < -0.4 is 0 Å². The lowest BCUT2D eigenvalue weighted by Crippen LogP contribution is -1.93. The Hall–Kier alpha value is -1.87. The SMILES string of the molecule is Fc1ccccc1Cc1nc2c(Cl)cccc2[nH]1. The molecule has 3 rings (SSSR count). The Morgan fingerprint density at radius 2 is 1.94 bits per heavy atom. The molecule has 2 nitrogen and oxygen atoms in total. The van der Waals surface area contributed by atoms with Gasteiger partial charge in [0.1, 0.15) is 17.2 Å². The van der Waals surface area contributed by atoms with Crippen molar-refractivity contribution in [1.29, 1.82) is 0 Å². The van der Waals surface area contributed by atoms with Gasteiger partial charge in [0.15, 0.2) is 0 Å². The lowest BCUT2D eigenvalue weighted by molar-refractivity contribution is 0.612. The third-order valence-corrected chi connectivity index (χ3v) is 3.13. The van der Waals surface area contributed by atoms with Crippen molar-refractivity contribution in [3.05, 3.63) is 64.7 Å². The van der Waals surface area contributed by atoms with Crippen molar-refractivity contribution in [2.75, 3.05) is 0 Å². The summed E-state index contributed by atoms with van der Waals surface area (Å²) in [6, 6.07) is 12.2. The highest BCUT2D eigenvalue weighted by Crippen LogP contribution is 2.22. The van der Waals surface area contributed by atoms with E-state index in [2.05, 4.69) is 9.97 Å². The lowest BCUT2D eigenvalue weighted by Gasteiger charge is -1.99. The maximum atomic E-state index is 13.5. The summed E-state index contributed by atoms with van der Waals surface area (Å²) in [6.45, 7) is 0. The molecular weight excluding hydrogens is 251 g/mol. The first kappa shape index (κ1) is 11.2. The smallest absolute Gasteiger partial charge is 0.126 e. The second-order valence-electron chi connectivity index (χ2n) is 4.09. The molecule has 0 saturated carbocycles. The second kappa shape index (κ2) is 4.42. The molecule has 1 heterocycles. The summed E-state index contributed by atoms with van der Waals surface area (Å²) in [7, 11) is 0. The molecule has 0 saturated heterocycles. The highest BCUT2D eigenvalue weighted by Gasteiger charge is 2.08. The van der Waals surface area contributed by atoms with Gasteiger partial charge in [0, 0.05) is 6.42 Å². The number of aromatic nitrogens is 2. The van der Waals surface area contributed by atoms with Crippen LogP contribution in [0.25, 0.3) is 11.0 Å². The standard InChI is InChI=1S/C14H10ClFN2/c15-10-5-3-7-12-14(10)18-13(17-12)8-9-4-1-2-6-11(9)16/h1-7H,8H2,(H,17,18). The number of rotatable bonds is 2. The number of aromatic amines is 1. The van der Waals surface area contributed by atoms with Crippen molar-refractivity contribution in [3.63, 3.8) is 0 Å². The number of hydrogen-bond acceptors (Lipinski definition) is 1. The van der Waals surface area contributed by atoms with Crippen LogP contribution in [-0.2, 0) is 6.42 Å². The molecular formula is C14H10ClFN2. The van der Waals surface area contributed by atoms with Gasteiger partial charge in [-0.15, -0.1) is 0 Å². The van der Waals surface area contributed by atoms with E-state index in [9.17, 15) is 4.39 Å². The number of para-hydroxylation sites is 1. The van der Waals surface area contributed by atoms with Gasteiger partial charge in [-0.25, -0.2) is 9.37 Å². The van der Waals surface area contributed by atoms with Crippen LogP contribution in [0.5, 0.6) is 0 Å². The van der Waals surface area contributed by atoms with Crippen molar-refractivity contribution in [3.8, 4) is 0 Å². The summed E-state index contributed by atoms with van der Waals surface area (Å²) in [5.41, 5.74) is 2.21. The van der Waals surface area contributed by atoms with Crippen molar-refractivity contribution < 1.29 is 4.39 Å². The van der Waals surface area contributed by atoms with Crippen molar-refractivity contribution in [1.82, 2.24) is 9.97 Å². The molecule has 4 heteroatoms. The first-order chi connectivity index (χ1) is 8.74. The Bertz CT molecular complexity index is 706. The van der Waals surface area contributed by atoms with Crippen LogP contribution in [-0.4, -0.2) is 9.97 Å². The molecule has 0 bridgehead atoms. The monoisotopic (exact) mass is 260 g/mol. The largest absolute Gasteiger partial charge is 0.342 e. The number of nitrogens with zero attached hydrogens (tertiary/aromatic N) is 1. The normalized spacial score (nSPS) is 11.0. The Morgan fingerprint density at radius 3 is 2.72 bits per heavy atom. The van der Waals surface area contributed by atoms with Crippen molar-refractivity contribution in [2.24, 2.45) is 0 Å². The fraction of sp³-hybridized carbons (Fsp3) is 0.0714. The number of H-pyrrole nitrogens is 1. The Morgan fingerprint density at radius 1 is 1.11 bits per heavy atom. The van der Waals surface area contributed by atoms with Crippen LogP contribution in [0.15, 0.2) is 42.5 Å². The van der Waals surface area contributed by atoms with E-state index in [1.807, 2.05) is 18.2 Å². The molecule has 0 aliphatic rings. The van der Waals surface area contributed by atoms with Gasteiger partial charge in [-0.1, -0.05) is 35.9 Å². The number of fused-ring (bicyclic) bond motifs is 1. The predicted molar refractivity (Wildman–Crippen MR) is 70.3 cm³/mol.